The van der Waals surface area contributed by atoms with E-state index in [1.54, 1.807) is 12.1 Å². The molecule has 0 bridgehead atoms. The quantitative estimate of drug-likeness (QED) is 0.0302. The van der Waals surface area contributed by atoms with E-state index in [-0.39, 0.29) is 76.3 Å². The first-order valence-electron chi connectivity index (χ1n) is 27.2. The van der Waals surface area contributed by atoms with Gasteiger partial charge in [0.1, 0.15) is 23.1 Å². The summed E-state index contributed by atoms with van der Waals surface area (Å²) in [6.45, 7) is 13.5. The molecule has 13 nitrogen and oxygen atoms in total. The summed E-state index contributed by atoms with van der Waals surface area (Å²) < 4.78 is 26.5. The van der Waals surface area contributed by atoms with Crippen LogP contribution in [0, 0.1) is 23.7 Å². The molecule has 3 aliphatic carbocycles. The minimum absolute atomic E-state index is 0.0136. The van der Waals surface area contributed by atoms with E-state index in [1.807, 2.05) is 37.8 Å². The average Bonchev–Trinajstić information content (AvgIpc) is 3.86. The number of nitrogens with one attached hydrogen (secondary N) is 1. The van der Waals surface area contributed by atoms with Crippen LogP contribution in [0.3, 0.4) is 0 Å². The van der Waals surface area contributed by atoms with Gasteiger partial charge in [-0.25, -0.2) is 4.79 Å². The third-order valence-corrected chi connectivity index (χ3v) is 14.7. The third-order valence-electron chi connectivity index (χ3n) is 14.7. The Morgan fingerprint density at radius 1 is 0.899 bits per heavy atom. The molecular weight excluding hydrogens is 875 g/mol. The predicted octanol–water partition coefficient (Wildman–Crippen LogP) is 10.9. The number of oxime groups is 1. The lowest BCUT2D eigenvalue weighted by Gasteiger charge is -2.60. The highest BCUT2D eigenvalue weighted by atomic mass is 16.7. The molecule has 1 aromatic rings. The number of fused-ring (bicyclic) bond motifs is 2. The molecule has 69 heavy (non-hydrogen) atoms. The molecule has 0 radical (unpaired) electrons. The van der Waals surface area contributed by atoms with Crippen LogP contribution >= 0.6 is 0 Å². The summed E-state index contributed by atoms with van der Waals surface area (Å²) in [5.74, 6) is -0.627. The second-order valence-electron chi connectivity index (χ2n) is 21.1. The van der Waals surface area contributed by atoms with Crippen molar-refractivity contribution < 1.29 is 48.7 Å². The van der Waals surface area contributed by atoms with Gasteiger partial charge in [0.05, 0.1) is 38.1 Å². The Morgan fingerprint density at radius 3 is 2.26 bits per heavy atom. The zero-order valence-corrected chi connectivity index (χ0v) is 43.1. The summed E-state index contributed by atoms with van der Waals surface area (Å²) in [5, 5.41) is 37.6. The summed E-state index contributed by atoms with van der Waals surface area (Å²) in [4.78, 5) is 36.5. The van der Waals surface area contributed by atoms with Crippen molar-refractivity contribution in [3.05, 3.63) is 48.1 Å². The maximum Gasteiger partial charge on any atom is 0.412 e. The lowest BCUT2D eigenvalue weighted by atomic mass is 9.55. The van der Waals surface area contributed by atoms with E-state index in [9.17, 15) is 24.9 Å². The summed E-state index contributed by atoms with van der Waals surface area (Å²) in [6, 6.07) is 4.92. The number of nitrogens with zero attached hydrogens (tertiary/aromatic N) is 2. The molecule has 0 saturated heterocycles. The minimum Gasteiger partial charge on any atom is -0.459 e. The molecule has 0 unspecified atom stereocenters. The Labute approximate surface area is 415 Å². The predicted molar refractivity (Wildman–Crippen MR) is 272 cm³/mol. The van der Waals surface area contributed by atoms with Crippen LogP contribution in [0.4, 0.5) is 4.79 Å². The fourth-order valence-electron chi connectivity index (χ4n) is 11.4. The number of carbonyl (C=O) groups excluding carboxylic acids is 2. The van der Waals surface area contributed by atoms with E-state index in [0.29, 0.717) is 43.2 Å². The van der Waals surface area contributed by atoms with E-state index < -0.39 is 29.4 Å². The van der Waals surface area contributed by atoms with Crippen molar-refractivity contribution in [3.63, 3.8) is 0 Å². The molecule has 5 rings (SSSR count). The number of carbonyl (C=O) groups is 2. The Hall–Kier alpha value is -3.49. The van der Waals surface area contributed by atoms with Crippen LogP contribution in [0.15, 0.2) is 47.7 Å². The first kappa shape index (κ1) is 56.4. The second kappa shape index (κ2) is 29.8. The number of hydrogen-bond acceptors (Lipinski definition) is 11. The normalized spacial score (nSPS) is 23.7. The first-order valence-corrected chi connectivity index (χ1v) is 27.2. The summed E-state index contributed by atoms with van der Waals surface area (Å²) in [7, 11) is 0. The van der Waals surface area contributed by atoms with Gasteiger partial charge in [0.2, 0.25) is 11.7 Å². The van der Waals surface area contributed by atoms with Crippen LogP contribution in [0.1, 0.15) is 187 Å². The number of rotatable bonds is 33. The number of aliphatic hydroxyl groups is 3. The molecule has 4 aliphatic rings. The highest BCUT2D eigenvalue weighted by molar-refractivity contribution is 6.03. The van der Waals surface area contributed by atoms with Crippen molar-refractivity contribution in [2.24, 2.45) is 28.8 Å². The number of unbranched alkanes of at least 4 members (excludes halogenated alkanes) is 11. The zero-order valence-electron chi connectivity index (χ0n) is 43.1. The lowest BCUT2D eigenvalue weighted by Crippen LogP contribution is -2.70. The van der Waals surface area contributed by atoms with Gasteiger partial charge in [-0.15, -0.1) is 6.58 Å². The second-order valence-corrected chi connectivity index (χ2v) is 21.1. The molecule has 2 fully saturated rings. The average molecular weight is 966 g/mol. The summed E-state index contributed by atoms with van der Waals surface area (Å²) >= 11 is 0. The largest absolute Gasteiger partial charge is 0.459 e. The smallest absolute Gasteiger partial charge is 0.412 e. The van der Waals surface area contributed by atoms with Crippen molar-refractivity contribution in [2.45, 2.75) is 199 Å². The van der Waals surface area contributed by atoms with E-state index in [4.69, 9.17) is 28.9 Å². The standard InChI is InChI=1S/C56H91N3O10/c1-6-8-9-10-11-12-13-14-15-20-31-57-54(64)67-44-28-29-49-47(40-44)52-45(26-19-22-34-61)43(25-18-21-33-60)39-46-48(58-69-55(3,4)5)41-50(56(68-49,53(46)52)66-36-7-2)59(32-37-65-38-35-62)51(63)30-27-42-23-16-17-24-42/h7,28-29,39-40,42-43,45,50,52-53,60-62H,2,6,8-27,30-38,41H2,1,3-5H3,(H,57,64)/t43-,45+,50-,52+,53+,56+/m0/s1. The van der Waals surface area contributed by atoms with Gasteiger partial charge in [0, 0.05) is 50.6 Å². The van der Waals surface area contributed by atoms with Gasteiger partial charge in [-0.1, -0.05) is 121 Å². The van der Waals surface area contributed by atoms with Gasteiger partial charge in [-0.3, -0.25) is 4.79 Å². The molecule has 390 valence electrons. The zero-order chi connectivity index (χ0) is 49.5. The Kier molecular flexibility index (Phi) is 24.3. The molecule has 1 aromatic carbocycles. The number of ether oxygens (including phenoxy) is 4. The molecule has 1 heterocycles. The monoisotopic (exact) mass is 966 g/mol. The molecule has 4 N–H and O–H groups in total. The van der Waals surface area contributed by atoms with Crippen LogP contribution in [0.25, 0.3) is 0 Å². The third kappa shape index (κ3) is 16.8. The highest BCUT2D eigenvalue weighted by Crippen LogP contribution is 2.62. The van der Waals surface area contributed by atoms with Crippen molar-refractivity contribution in [1.82, 2.24) is 10.2 Å². The van der Waals surface area contributed by atoms with E-state index in [0.717, 1.165) is 81.1 Å². The minimum atomic E-state index is -1.42. The number of allylic oxidation sites excluding steroid dienone is 1. The molecular formula is C56H91N3O10. The van der Waals surface area contributed by atoms with Crippen LogP contribution in [0.2, 0.25) is 0 Å². The molecule has 0 aromatic heterocycles. The number of aliphatic hydroxyl groups excluding tert-OH is 3. The Morgan fingerprint density at radius 2 is 1.59 bits per heavy atom. The van der Waals surface area contributed by atoms with Crippen LogP contribution in [-0.2, 0) is 19.1 Å². The molecule has 6 atom stereocenters. The van der Waals surface area contributed by atoms with E-state index >= 15 is 0 Å². The summed E-state index contributed by atoms with van der Waals surface area (Å²) in [6.07, 6.45) is 26.3. The van der Waals surface area contributed by atoms with Gasteiger partial charge in [-0.2, -0.15) is 0 Å². The topological polar surface area (TPSA) is 169 Å². The first-order chi connectivity index (χ1) is 33.5. The van der Waals surface area contributed by atoms with Gasteiger partial charge >= 0.3 is 6.09 Å². The van der Waals surface area contributed by atoms with Crippen molar-refractivity contribution >= 4 is 17.7 Å². The van der Waals surface area contributed by atoms with Crippen molar-refractivity contribution in [3.8, 4) is 11.5 Å². The fraction of sp³-hybridized carbons (Fsp3) is 0.768. The van der Waals surface area contributed by atoms with Crippen LogP contribution in [-0.4, -0.2) is 108 Å². The van der Waals surface area contributed by atoms with Crippen molar-refractivity contribution in [1.29, 1.82) is 0 Å². The number of amides is 2. The Balaban J connectivity index is 1.57. The molecule has 2 saturated carbocycles. The van der Waals surface area contributed by atoms with Crippen LogP contribution < -0.4 is 14.8 Å². The molecule has 1 aliphatic heterocycles. The maximum absolute atomic E-state index is 15.0. The molecule has 0 spiro atoms. The fourth-order valence-corrected chi connectivity index (χ4v) is 11.4. The highest BCUT2D eigenvalue weighted by Gasteiger charge is 2.65. The lowest BCUT2D eigenvalue weighted by molar-refractivity contribution is -0.258. The van der Waals surface area contributed by atoms with E-state index in [1.165, 1.54) is 57.8 Å². The van der Waals surface area contributed by atoms with Gasteiger partial charge < -0.3 is 49.3 Å². The number of benzene rings is 1. The maximum atomic E-state index is 15.0. The van der Waals surface area contributed by atoms with Gasteiger partial charge in [-0.05, 0) is 101 Å². The Bertz CT molecular complexity index is 1760. The SMILES string of the molecule is C=CCO[C@@]12Oc3ccc(OC(=O)NCCCCCCCCCCCC)cc3[C@H]3[C@H](CCCCO)[C@@H](CCCCO)C=C(C(=NOC(C)(C)C)C[C@@H]1N(CCOCCO)C(=O)CCC1CCCC1)[C@H]32. The molecule has 13 heteroatoms. The van der Waals surface area contributed by atoms with Gasteiger partial charge in [0.25, 0.3) is 0 Å². The van der Waals surface area contributed by atoms with Crippen molar-refractivity contribution in [2.75, 3.05) is 52.7 Å². The van der Waals surface area contributed by atoms with E-state index in [2.05, 4.69) is 24.9 Å². The summed E-state index contributed by atoms with van der Waals surface area (Å²) in [5.41, 5.74) is 1.94. The van der Waals surface area contributed by atoms with Gasteiger partial charge in [0.15, 0.2) is 0 Å². The van der Waals surface area contributed by atoms with Crippen LogP contribution in [0.5, 0.6) is 11.5 Å². The molecule has 2 amide bonds. The number of hydrogen-bond donors (Lipinski definition) is 4.